The standard InChI is InChI=1S/C25H34N6O/c1-6-11-20-26-22(29-14-10-15-30(17-16-29)24(32)25(3,4)5)21-18(2)28-31(23(21)27-20)19-12-8-7-9-13-19/h7-9,12-13H,6,10-11,14-17H2,1-5H3. The number of para-hydroxylation sites is 1. The molecule has 0 bridgehead atoms. The molecule has 0 unspecified atom stereocenters. The maximum atomic E-state index is 12.9. The van der Waals surface area contributed by atoms with E-state index in [2.05, 4.69) is 24.0 Å². The largest absolute Gasteiger partial charge is 0.354 e. The van der Waals surface area contributed by atoms with Crippen LogP contribution in [-0.2, 0) is 11.2 Å². The van der Waals surface area contributed by atoms with Crippen molar-refractivity contribution in [2.45, 2.75) is 53.9 Å². The summed E-state index contributed by atoms with van der Waals surface area (Å²) in [6.07, 6.45) is 2.73. The van der Waals surface area contributed by atoms with Crippen molar-refractivity contribution in [3.8, 4) is 5.69 Å². The number of aryl methyl sites for hydroxylation is 2. The van der Waals surface area contributed by atoms with Gasteiger partial charge in [-0.2, -0.15) is 5.10 Å². The van der Waals surface area contributed by atoms with Crippen molar-refractivity contribution in [1.29, 1.82) is 0 Å². The molecule has 1 aliphatic rings. The lowest BCUT2D eigenvalue weighted by atomic mass is 9.94. The van der Waals surface area contributed by atoms with E-state index in [1.165, 1.54) is 0 Å². The molecule has 4 rings (SSSR count). The van der Waals surface area contributed by atoms with Gasteiger partial charge in [-0.05, 0) is 31.9 Å². The van der Waals surface area contributed by atoms with Gasteiger partial charge in [0, 0.05) is 38.0 Å². The van der Waals surface area contributed by atoms with Crippen LogP contribution in [0.4, 0.5) is 5.82 Å². The summed E-state index contributed by atoms with van der Waals surface area (Å²) in [5, 5.41) is 5.84. The Bertz CT molecular complexity index is 1100. The Hall–Kier alpha value is -2.96. The lowest BCUT2D eigenvalue weighted by Crippen LogP contribution is -2.41. The molecule has 1 aromatic carbocycles. The predicted molar refractivity (Wildman–Crippen MR) is 128 cm³/mol. The zero-order chi connectivity index (χ0) is 22.9. The highest BCUT2D eigenvalue weighted by Gasteiger charge is 2.30. The Morgan fingerprint density at radius 1 is 1.03 bits per heavy atom. The molecule has 32 heavy (non-hydrogen) atoms. The molecule has 1 fully saturated rings. The number of carbonyl (C=O) groups is 1. The van der Waals surface area contributed by atoms with E-state index < -0.39 is 0 Å². The van der Waals surface area contributed by atoms with Gasteiger partial charge in [-0.3, -0.25) is 4.79 Å². The van der Waals surface area contributed by atoms with Crippen LogP contribution in [-0.4, -0.2) is 56.7 Å². The summed E-state index contributed by atoms with van der Waals surface area (Å²) in [6.45, 7) is 13.3. The van der Waals surface area contributed by atoms with Crippen LogP contribution in [0.15, 0.2) is 30.3 Å². The van der Waals surface area contributed by atoms with Crippen LogP contribution < -0.4 is 4.90 Å². The fourth-order valence-electron chi connectivity index (χ4n) is 4.33. The second-order valence-corrected chi connectivity index (χ2v) is 9.63. The number of hydrogen-bond acceptors (Lipinski definition) is 5. The first kappa shape index (κ1) is 22.2. The van der Waals surface area contributed by atoms with Crippen molar-refractivity contribution in [1.82, 2.24) is 24.6 Å². The summed E-state index contributed by atoms with van der Waals surface area (Å²) < 4.78 is 1.93. The lowest BCUT2D eigenvalue weighted by Gasteiger charge is -2.28. The molecule has 3 aromatic rings. The van der Waals surface area contributed by atoms with E-state index >= 15 is 0 Å². The molecule has 0 atom stereocenters. The second-order valence-electron chi connectivity index (χ2n) is 9.63. The molecule has 0 saturated carbocycles. The fraction of sp³-hybridized carbons (Fsp3) is 0.520. The number of hydrogen-bond donors (Lipinski definition) is 0. The highest BCUT2D eigenvalue weighted by atomic mass is 16.2. The molecule has 3 heterocycles. The predicted octanol–water partition coefficient (Wildman–Crippen LogP) is 4.16. The third-order valence-electron chi connectivity index (χ3n) is 5.93. The summed E-state index contributed by atoms with van der Waals surface area (Å²) in [6, 6.07) is 10.1. The molecule has 0 radical (unpaired) electrons. The van der Waals surface area contributed by atoms with E-state index in [1.807, 2.05) is 55.5 Å². The SMILES string of the molecule is CCCc1nc(N2CCCN(C(=O)C(C)(C)C)CC2)c2c(C)nn(-c3ccccc3)c2n1. The van der Waals surface area contributed by atoms with Gasteiger partial charge in [0.15, 0.2) is 5.65 Å². The molecule has 1 aliphatic heterocycles. The Morgan fingerprint density at radius 2 is 1.78 bits per heavy atom. The van der Waals surface area contributed by atoms with Crippen LogP contribution in [0.3, 0.4) is 0 Å². The molecular formula is C25H34N6O. The van der Waals surface area contributed by atoms with Gasteiger partial charge in [-0.1, -0.05) is 45.9 Å². The molecule has 1 amide bonds. The summed E-state index contributed by atoms with van der Waals surface area (Å²) in [5.74, 6) is 2.01. The number of carbonyl (C=O) groups excluding carboxylic acids is 1. The molecular weight excluding hydrogens is 400 g/mol. The number of amides is 1. The summed E-state index contributed by atoms with van der Waals surface area (Å²) in [5.41, 5.74) is 2.41. The van der Waals surface area contributed by atoms with Crippen LogP contribution in [0.1, 0.15) is 52.1 Å². The average molecular weight is 435 g/mol. The molecule has 0 aliphatic carbocycles. The Balaban J connectivity index is 1.75. The summed E-state index contributed by atoms with van der Waals surface area (Å²) in [4.78, 5) is 27.1. The van der Waals surface area contributed by atoms with Gasteiger partial charge in [-0.25, -0.2) is 14.6 Å². The van der Waals surface area contributed by atoms with Gasteiger partial charge >= 0.3 is 0 Å². The van der Waals surface area contributed by atoms with Crippen LogP contribution in [0.5, 0.6) is 0 Å². The number of aromatic nitrogens is 4. The van der Waals surface area contributed by atoms with Gasteiger partial charge in [-0.15, -0.1) is 0 Å². The van der Waals surface area contributed by atoms with Crippen molar-refractivity contribution in [3.05, 3.63) is 41.9 Å². The van der Waals surface area contributed by atoms with E-state index in [-0.39, 0.29) is 11.3 Å². The topological polar surface area (TPSA) is 67.2 Å². The third-order valence-corrected chi connectivity index (χ3v) is 5.93. The molecule has 7 nitrogen and oxygen atoms in total. The zero-order valence-corrected chi connectivity index (χ0v) is 19.9. The fourth-order valence-corrected chi connectivity index (χ4v) is 4.33. The summed E-state index contributed by atoms with van der Waals surface area (Å²) in [7, 11) is 0. The molecule has 1 saturated heterocycles. The van der Waals surface area contributed by atoms with Gasteiger partial charge in [0.1, 0.15) is 11.6 Å². The second kappa shape index (κ2) is 8.88. The first-order chi connectivity index (χ1) is 15.3. The van der Waals surface area contributed by atoms with Crippen molar-refractivity contribution >= 4 is 22.8 Å². The Morgan fingerprint density at radius 3 is 2.47 bits per heavy atom. The Kier molecular flexibility index (Phi) is 6.17. The third kappa shape index (κ3) is 4.33. The molecule has 2 aromatic heterocycles. The first-order valence-corrected chi connectivity index (χ1v) is 11.7. The van der Waals surface area contributed by atoms with Gasteiger partial charge < -0.3 is 9.80 Å². The minimum Gasteiger partial charge on any atom is -0.354 e. The van der Waals surface area contributed by atoms with Gasteiger partial charge in [0.25, 0.3) is 0 Å². The number of anilines is 1. The monoisotopic (exact) mass is 434 g/mol. The van der Waals surface area contributed by atoms with Crippen molar-refractivity contribution < 1.29 is 4.79 Å². The van der Waals surface area contributed by atoms with Crippen LogP contribution in [0.2, 0.25) is 0 Å². The van der Waals surface area contributed by atoms with Crippen LogP contribution in [0, 0.1) is 12.3 Å². The minimum absolute atomic E-state index is 0.215. The highest BCUT2D eigenvalue weighted by molar-refractivity contribution is 5.91. The molecule has 170 valence electrons. The Labute approximate surface area is 190 Å². The smallest absolute Gasteiger partial charge is 0.228 e. The van der Waals surface area contributed by atoms with Crippen LogP contribution in [0.25, 0.3) is 16.7 Å². The van der Waals surface area contributed by atoms with Crippen LogP contribution >= 0.6 is 0 Å². The number of nitrogens with zero attached hydrogens (tertiary/aromatic N) is 6. The minimum atomic E-state index is -0.362. The quantitative estimate of drug-likeness (QED) is 0.617. The van der Waals surface area contributed by atoms with Crippen molar-refractivity contribution in [2.75, 3.05) is 31.1 Å². The van der Waals surface area contributed by atoms with Gasteiger partial charge in [0.2, 0.25) is 5.91 Å². The first-order valence-electron chi connectivity index (χ1n) is 11.7. The lowest BCUT2D eigenvalue weighted by molar-refractivity contribution is -0.139. The average Bonchev–Trinajstić information content (AvgIpc) is 2.94. The van der Waals surface area contributed by atoms with E-state index in [1.54, 1.807) is 0 Å². The van der Waals surface area contributed by atoms with E-state index in [4.69, 9.17) is 15.1 Å². The summed E-state index contributed by atoms with van der Waals surface area (Å²) >= 11 is 0. The number of benzene rings is 1. The van der Waals surface area contributed by atoms with E-state index in [0.29, 0.717) is 6.54 Å². The molecule has 0 spiro atoms. The normalized spacial score (nSPS) is 15.3. The zero-order valence-electron chi connectivity index (χ0n) is 19.9. The molecule has 7 heteroatoms. The van der Waals surface area contributed by atoms with Gasteiger partial charge in [0.05, 0.1) is 16.8 Å². The number of rotatable bonds is 4. The van der Waals surface area contributed by atoms with Crippen molar-refractivity contribution in [2.24, 2.45) is 5.41 Å². The number of fused-ring (bicyclic) bond motifs is 1. The van der Waals surface area contributed by atoms with E-state index in [9.17, 15) is 4.79 Å². The van der Waals surface area contributed by atoms with Crippen molar-refractivity contribution in [3.63, 3.8) is 0 Å². The highest BCUT2D eigenvalue weighted by Crippen LogP contribution is 2.30. The maximum Gasteiger partial charge on any atom is 0.228 e. The maximum absolute atomic E-state index is 12.9. The molecule has 0 N–H and O–H groups in total. The van der Waals surface area contributed by atoms with E-state index in [0.717, 1.165) is 73.0 Å².